The summed E-state index contributed by atoms with van der Waals surface area (Å²) in [5.74, 6) is 0. The lowest BCUT2D eigenvalue weighted by Gasteiger charge is -2.34. The number of aryl methyl sites for hydroxylation is 1. The molecule has 0 N–H and O–H groups in total. The molecule has 1 aliphatic rings. The molecule has 1 aliphatic carbocycles. The Morgan fingerprint density at radius 3 is 1.68 bits per heavy atom. The van der Waals surface area contributed by atoms with Crippen molar-refractivity contribution in [2.45, 2.75) is 26.2 Å². The van der Waals surface area contributed by atoms with Gasteiger partial charge in [-0.2, -0.15) is 0 Å². The van der Waals surface area contributed by atoms with E-state index in [0.717, 1.165) is 0 Å². The average Bonchev–Trinajstić information content (AvgIpc) is 3.04. The lowest BCUT2D eigenvalue weighted by Crippen LogP contribution is -2.28. The van der Waals surface area contributed by atoms with Gasteiger partial charge in [0, 0.05) is 0 Å². The quantitative estimate of drug-likeness (QED) is 0.319. The van der Waals surface area contributed by atoms with Gasteiger partial charge in [-0.05, 0) is 70.8 Å². The SMILES string of the molecule is Cc1cc2c(c(C)c1C)-c1ccccc1C2(c1ccccc1)c1ccccc1. The van der Waals surface area contributed by atoms with Crippen LogP contribution in [0.4, 0.5) is 0 Å². The van der Waals surface area contributed by atoms with E-state index in [-0.39, 0.29) is 5.41 Å². The molecule has 5 rings (SSSR count). The van der Waals surface area contributed by atoms with Crippen molar-refractivity contribution in [1.82, 2.24) is 0 Å². The van der Waals surface area contributed by atoms with E-state index in [4.69, 9.17) is 0 Å². The smallest absolute Gasteiger partial charge is 0.0622 e. The summed E-state index contributed by atoms with van der Waals surface area (Å²) in [6.45, 7) is 6.77. The van der Waals surface area contributed by atoms with Crippen molar-refractivity contribution in [3.63, 3.8) is 0 Å². The molecular formula is C28H24. The lowest BCUT2D eigenvalue weighted by atomic mass is 9.67. The van der Waals surface area contributed by atoms with Crippen molar-refractivity contribution < 1.29 is 0 Å². The van der Waals surface area contributed by atoms with Crippen LogP contribution in [-0.4, -0.2) is 0 Å². The van der Waals surface area contributed by atoms with Crippen LogP contribution >= 0.6 is 0 Å². The Kier molecular flexibility index (Phi) is 3.77. The molecule has 0 heterocycles. The maximum atomic E-state index is 2.43. The van der Waals surface area contributed by atoms with E-state index in [1.807, 2.05) is 0 Å². The summed E-state index contributed by atoms with van der Waals surface area (Å²) < 4.78 is 0. The van der Waals surface area contributed by atoms with Gasteiger partial charge in [0.2, 0.25) is 0 Å². The monoisotopic (exact) mass is 360 g/mol. The van der Waals surface area contributed by atoms with Gasteiger partial charge in [0.05, 0.1) is 5.41 Å². The van der Waals surface area contributed by atoms with Gasteiger partial charge in [0.25, 0.3) is 0 Å². The Bertz CT molecular complexity index is 1130. The van der Waals surface area contributed by atoms with Gasteiger partial charge in [0.1, 0.15) is 0 Å². The molecule has 0 aromatic heterocycles. The van der Waals surface area contributed by atoms with Gasteiger partial charge < -0.3 is 0 Å². The molecule has 0 spiro atoms. The maximum Gasteiger partial charge on any atom is 0.0713 e. The molecule has 0 atom stereocenters. The Labute approximate surface area is 167 Å². The molecule has 0 saturated carbocycles. The Morgan fingerprint density at radius 2 is 1.07 bits per heavy atom. The summed E-state index contributed by atoms with van der Waals surface area (Å²) in [5, 5.41) is 0. The van der Waals surface area contributed by atoms with Crippen LogP contribution in [-0.2, 0) is 5.41 Å². The molecule has 0 aliphatic heterocycles. The molecule has 0 heteroatoms. The van der Waals surface area contributed by atoms with Gasteiger partial charge >= 0.3 is 0 Å². The van der Waals surface area contributed by atoms with Gasteiger partial charge in [-0.15, -0.1) is 0 Å². The fourth-order valence-electron chi connectivity index (χ4n) is 5.06. The zero-order valence-electron chi connectivity index (χ0n) is 16.7. The predicted molar refractivity (Wildman–Crippen MR) is 118 cm³/mol. The van der Waals surface area contributed by atoms with Crippen molar-refractivity contribution in [2.75, 3.05) is 0 Å². The van der Waals surface area contributed by atoms with Crippen molar-refractivity contribution in [3.05, 3.63) is 130 Å². The molecule has 4 aromatic carbocycles. The van der Waals surface area contributed by atoms with E-state index in [0.29, 0.717) is 0 Å². The molecule has 0 bridgehead atoms. The topological polar surface area (TPSA) is 0 Å². The van der Waals surface area contributed by atoms with Crippen molar-refractivity contribution in [2.24, 2.45) is 0 Å². The molecule has 0 fully saturated rings. The van der Waals surface area contributed by atoms with E-state index in [1.54, 1.807) is 0 Å². The van der Waals surface area contributed by atoms with Gasteiger partial charge in [-0.1, -0.05) is 91.0 Å². The van der Waals surface area contributed by atoms with E-state index in [1.165, 1.54) is 50.1 Å². The van der Waals surface area contributed by atoms with Crippen LogP contribution in [0.15, 0.2) is 91.0 Å². The van der Waals surface area contributed by atoms with Crippen LogP contribution in [0.25, 0.3) is 11.1 Å². The first-order valence-electron chi connectivity index (χ1n) is 9.98. The van der Waals surface area contributed by atoms with Gasteiger partial charge in [-0.3, -0.25) is 0 Å². The Balaban J connectivity index is 2.02. The minimum absolute atomic E-state index is 0.280. The maximum absolute atomic E-state index is 2.43. The molecule has 0 saturated heterocycles. The summed E-state index contributed by atoms with van der Waals surface area (Å²) in [5.41, 5.74) is 12.1. The second-order valence-corrected chi connectivity index (χ2v) is 7.89. The summed E-state index contributed by atoms with van der Waals surface area (Å²) in [7, 11) is 0. The fourth-order valence-corrected chi connectivity index (χ4v) is 5.06. The third-order valence-electron chi connectivity index (χ3n) is 6.58. The largest absolute Gasteiger partial charge is 0.0713 e. The second-order valence-electron chi connectivity index (χ2n) is 7.89. The standard InChI is InChI=1S/C28H24/c1-19-18-26-27(21(3)20(19)2)24-16-10-11-17-25(24)28(26,22-12-6-4-7-13-22)23-14-8-5-9-15-23/h4-18H,1-3H3. The van der Waals surface area contributed by atoms with E-state index in [9.17, 15) is 0 Å². The predicted octanol–water partition coefficient (Wildman–Crippen LogP) is 6.97. The summed E-state index contributed by atoms with van der Waals surface area (Å²) in [6.07, 6.45) is 0. The number of benzene rings is 4. The molecule has 136 valence electrons. The summed E-state index contributed by atoms with van der Waals surface area (Å²) >= 11 is 0. The Morgan fingerprint density at radius 1 is 0.536 bits per heavy atom. The van der Waals surface area contributed by atoms with Crippen molar-refractivity contribution >= 4 is 0 Å². The fraction of sp³-hybridized carbons (Fsp3) is 0.143. The van der Waals surface area contributed by atoms with Crippen LogP contribution < -0.4 is 0 Å². The number of rotatable bonds is 2. The van der Waals surface area contributed by atoms with Crippen LogP contribution in [0.5, 0.6) is 0 Å². The van der Waals surface area contributed by atoms with Crippen molar-refractivity contribution in [1.29, 1.82) is 0 Å². The van der Waals surface area contributed by atoms with Gasteiger partial charge in [0.15, 0.2) is 0 Å². The minimum atomic E-state index is -0.280. The Hall–Kier alpha value is -3.12. The highest BCUT2D eigenvalue weighted by atomic mass is 14.5. The molecular weight excluding hydrogens is 336 g/mol. The number of fused-ring (bicyclic) bond motifs is 3. The zero-order chi connectivity index (χ0) is 19.3. The molecule has 28 heavy (non-hydrogen) atoms. The highest BCUT2D eigenvalue weighted by Crippen LogP contribution is 2.57. The molecule has 0 unspecified atom stereocenters. The highest BCUT2D eigenvalue weighted by Gasteiger charge is 2.46. The minimum Gasteiger partial charge on any atom is -0.0622 e. The first-order chi connectivity index (χ1) is 13.7. The first-order valence-corrected chi connectivity index (χ1v) is 9.98. The van der Waals surface area contributed by atoms with Crippen LogP contribution in [0.1, 0.15) is 38.9 Å². The third kappa shape index (κ3) is 2.12. The second kappa shape index (κ2) is 6.21. The molecule has 4 aromatic rings. The third-order valence-corrected chi connectivity index (χ3v) is 6.58. The van der Waals surface area contributed by atoms with Crippen LogP contribution in [0, 0.1) is 20.8 Å². The zero-order valence-corrected chi connectivity index (χ0v) is 16.7. The van der Waals surface area contributed by atoms with Gasteiger partial charge in [-0.25, -0.2) is 0 Å². The van der Waals surface area contributed by atoms with Crippen molar-refractivity contribution in [3.8, 4) is 11.1 Å². The summed E-state index contributed by atoms with van der Waals surface area (Å²) in [6, 6.07) is 33.4. The molecule has 0 amide bonds. The molecule has 0 nitrogen and oxygen atoms in total. The lowest BCUT2D eigenvalue weighted by molar-refractivity contribution is 0.766. The number of hydrogen-bond acceptors (Lipinski definition) is 0. The van der Waals surface area contributed by atoms with E-state index >= 15 is 0 Å². The van der Waals surface area contributed by atoms with Crippen LogP contribution in [0.2, 0.25) is 0 Å². The summed E-state index contributed by atoms with van der Waals surface area (Å²) in [4.78, 5) is 0. The van der Waals surface area contributed by atoms with E-state index < -0.39 is 0 Å². The first kappa shape index (κ1) is 17.0. The van der Waals surface area contributed by atoms with E-state index in [2.05, 4.69) is 112 Å². The molecule has 0 radical (unpaired) electrons. The average molecular weight is 361 g/mol. The number of hydrogen-bond donors (Lipinski definition) is 0. The highest BCUT2D eigenvalue weighted by molar-refractivity contribution is 5.88. The normalized spacial score (nSPS) is 13.8. The van der Waals surface area contributed by atoms with Crippen LogP contribution in [0.3, 0.4) is 0 Å².